The minimum Gasteiger partial charge on any atom is -0.322 e. The van der Waals surface area contributed by atoms with Gasteiger partial charge < -0.3 is 5.32 Å². The van der Waals surface area contributed by atoms with Gasteiger partial charge in [-0.25, -0.2) is 8.42 Å². The third-order valence-corrected chi connectivity index (χ3v) is 7.49. The number of benzene rings is 3. The van der Waals surface area contributed by atoms with Crippen LogP contribution in [0.4, 0.5) is 5.69 Å². The maximum Gasteiger partial charge on any atom is 0.255 e. The number of piperidine rings is 1. The van der Waals surface area contributed by atoms with Crippen molar-refractivity contribution < 1.29 is 13.2 Å². The molecule has 1 fully saturated rings. The quantitative estimate of drug-likeness (QED) is 0.608. The molecule has 0 saturated carbocycles. The fourth-order valence-electron chi connectivity index (χ4n) is 3.75. The SMILES string of the molecule is Cc1ccc(NC(=O)c2cccc(-c3ccc(S(=O)(=O)N4CCCCC4)cc3)c2)cc1. The Balaban J connectivity index is 1.52. The van der Waals surface area contributed by atoms with Crippen molar-refractivity contribution >= 4 is 21.6 Å². The van der Waals surface area contributed by atoms with Gasteiger partial charge in [0.1, 0.15) is 0 Å². The maximum atomic E-state index is 12.8. The van der Waals surface area contributed by atoms with Crippen LogP contribution in [0.15, 0.2) is 77.7 Å². The van der Waals surface area contributed by atoms with E-state index in [0.29, 0.717) is 23.5 Å². The van der Waals surface area contributed by atoms with Crippen LogP contribution in [0.3, 0.4) is 0 Å². The number of carbonyl (C=O) groups is 1. The number of nitrogens with zero attached hydrogens (tertiary/aromatic N) is 1. The molecule has 1 aliphatic heterocycles. The topological polar surface area (TPSA) is 66.5 Å². The molecule has 1 heterocycles. The second kappa shape index (κ2) is 9.04. The molecular weight excluding hydrogens is 408 g/mol. The van der Waals surface area contributed by atoms with Crippen LogP contribution in [0.1, 0.15) is 35.2 Å². The minimum atomic E-state index is -3.45. The number of nitrogens with one attached hydrogen (secondary N) is 1. The molecule has 3 aromatic carbocycles. The molecule has 1 saturated heterocycles. The minimum absolute atomic E-state index is 0.185. The average Bonchev–Trinajstić information content (AvgIpc) is 2.81. The van der Waals surface area contributed by atoms with Crippen molar-refractivity contribution in [1.29, 1.82) is 0 Å². The molecule has 1 N–H and O–H groups in total. The highest BCUT2D eigenvalue weighted by Crippen LogP contribution is 2.25. The molecule has 0 radical (unpaired) electrons. The summed E-state index contributed by atoms with van der Waals surface area (Å²) in [5.74, 6) is -0.185. The summed E-state index contributed by atoms with van der Waals surface area (Å²) >= 11 is 0. The Morgan fingerprint density at radius 3 is 2.19 bits per heavy atom. The average molecular weight is 435 g/mol. The van der Waals surface area contributed by atoms with Crippen molar-refractivity contribution in [3.05, 3.63) is 83.9 Å². The van der Waals surface area contributed by atoms with Gasteiger partial charge in [-0.15, -0.1) is 0 Å². The van der Waals surface area contributed by atoms with E-state index in [0.717, 1.165) is 41.6 Å². The Kier molecular flexibility index (Phi) is 6.20. The summed E-state index contributed by atoms with van der Waals surface area (Å²) in [6.07, 6.45) is 2.91. The first-order chi connectivity index (χ1) is 14.9. The second-order valence-electron chi connectivity index (χ2n) is 7.89. The lowest BCUT2D eigenvalue weighted by Gasteiger charge is -2.25. The van der Waals surface area contributed by atoms with Gasteiger partial charge in [-0.3, -0.25) is 4.79 Å². The highest BCUT2D eigenvalue weighted by molar-refractivity contribution is 7.89. The number of hydrogen-bond donors (Lipinski definition) is 1. The fraction of sp³-hybridized carbons (Fsp3) is 0.240. The largest absolute Gasteiger partial charge is 0.322 e. The number of hydrogen-bond acceptors (Lipinski definition) is 3. The smallest absolute Gasteiger partial charge is 0.255 e. The van der Waals surface area contributed by atoms with Gasteiger partial charge in [0.05, 0.1) is 4.90 Å². The number of sulfonamides is 1. The van der Waals surface area contributed by atoms with Gasteiger partial charge in [-0.2, -0.15) is 4.31 Å². The monoisotopic (exact) mass is 434 g/mol. The highest BCUT2D eigenvalue weighted by atomic mass is 32.2. The van der Waals surface area contributed by atoms with Gasteiger partial charge in [-0.05, 0) is 67.3 Å². The number of amides is 1. The summed E-state index contributed by atoms with van der Waals surface area (Å²) in [6.45, 7) is 3.17. The van der Waals surface area contributed by atoms with E-state index in [9.17, 15) is 13.2 Å². The Bertz CT molecular complexity index is 1160. The van der Waals surface area contributed by atoms with Gasteiger partial charge in [0.15, 0.2) is 0 Å². The van der Waals surface area contributed by atoms with Crippen molar-refractivity contribution in [3.8, 4) is 11.1 Å². The fourth-order valence-corrected chi connectivity index (χ4v) is 5.27. The first-order valence-electron chi connectivity index (χ1n) is 10.5. The first kappa shape index (κ1) is 21.3. The normalized spacial score (nSPS) is 14.9. The zero-order valence-corrected chi connectivity index (χ0v) is 18.4. The Morgan fingerprint density at radius 2 is 1.52 bits per heavy atom. The van der Waals surface area contributed by atoms with Crippen LogP contribution < -0.4 is 5.32 Å². The molecule has 5 nitrogen and oxygen atoms in total. The number of aryl methyl sites for hydroxylation is 1. The third-order valence-electron chi connectivity index (χ3n) is 5.57. The summed E-state index contributed by atoms with van der Waals surface area (Å²) in [5, 5.41) is 2.91. The molecule has 0 atom stereocenters. The predicted molar refractivity (Wildman–Crippen MR) is 124 cm³/mol. The summed E-state index contributed by atoms with van der Waals surface area (Å²) in [7, 11) is -3.45. The van der Waals surface area contributed by atoms with E-state index in [1.54, 1.807) is 34.6 Å². The van der Waals surface area contributed by atoms with Crippen LogP contribution in [-0.4, -0.2) is 31.7 Å². The molecule has 0 aliphatic carbocycles. The first-order valence-corrected chi connectivity index (χ1v) is 12.0. The van der Waals surface area contributed by atoms with Crippen molar-refractivity contribution in [2.24, 2.45) is 0 Å². The second-order valence-corrected chi connectivity index (χ2v) is 9.83. The van der Waals surface area contributed by atoms with E-state index in [1.165, 1.54) is 0 Å². The molecule has 160 valence electrons. The highest BCUT2D eigenvalue weighted by Gasteiger charge is 2.25. The van der Waals surface area contributed by atoms with E-state index in [4.69, 9.17) is 0 Å². The van der Waals surface area contributed by atoms with Gasteiger partial charge in [-0.1, -0.05) is 48.4 Å². The van der Waals surface area contributed by atoms with Crippen molar-refractivity contribution in [1.82, 2.24) is 4.31 Å². The maximum absolute atomic E-state index is 12.8. The van der Waals surface area contributed by atoms with Gasteiger partial charge >= 0.3 is 0 Å². The molecule has 0 unspecified atom stereocenters. The standard InChI is InChI=1S/C25H26N2O3S/c1-19-8-12-23(13-9-19)26-25(28)22-7-5-6-21(18-22)20-10-14-24(15-11-20)31(29,30)27-16-3-2-4-17-27/h5-15,18H,2-4,16-17H2,1H3,(H,26,28). The third kappa shape index (κ3) is 4.86. The summed E-state index contributed by atoms with van der Waals surface area (Å²) in [6, 6.07) is 21.9. The van der Waals surface area contributed by atoms with Crippen LogP contribution in [0, 0.1) is 6.92 Å². The zero-order chi connectivity index (χ0) is 21.8. The van der Waals surface area contributed by atoms with Crippen LogP contribution in [0.5, 0.6) is 0 Å². The van der Waals surface area contributed by atoms with Gasteiger partial charge in [0.2, 0.25) is 10.0 Å². The molecular formula is C25H26N2O3S. The predicted octanol–water partition coefficient (Wildman–Crippen LogP) is 5.09. The lowest BCUT2D eigenvalue weighted by molar-refractivity contribution is 0.102. The van der Waals surface area contributed by atoms with Crippen molar-refractivity contribution in [2.75, 3.05) is 18.4 Å². The Morgan fingerprint density at radius 1 is 0.839 bits per heavy atom. The Labute approximate surface area is 183 Å². The summed E-state index contributed by atoms with van der Waals surface area (Å²) in [4.78, 5) is 13.0. The van der Waals surface area contributed by atoms with Crippen LogP contribution in [-0.2, 0) is 10.0 Å². The molecule has 31 heavy (non-hydrogen) atoms. The molecule has 0 spiro atoms. The molecule has 6 heteroatoms. The number of carbonyl (C=O) groups excluding carboxylic acids is 1. The molecule has 0 bridgehead atoms. The summed E-state index contributed by atoms with van der Waals surface area (Å²) in [5.41, 5.74) is 4.14. The molecule has 1 aliphatic rings. The van der Waals surface area contributed by atoms with E-state index >= 15 is 0 Å². The molecule has 4 rings (SSSR count). The van der Waals surface area contributed by atoms with E-state index in [1.807, 2.05) is 49.4 Å². The number of rotatable bonds is 5. The van der Waals surface area contributed by atoms with Crippen LogP contribution in [0.25, 0.3) is 11.1 Å². The van der Waals surface area contributed by atoms with Crippen LogP contribution >= 0.6 is 0 Å². The van der Waals surface area contributed by atoms with Crippen molar-refractivity contribution in [2.45, 2.75) is 31.1 Å². The number of anilines is 1. The molecule has 1 amide bonds. The van der Waals surface area contributed by atoms with E-state index in [2.05, 4.69) is 5.32 Å². The molecule has 0 aromatic heterocycles. The van der Waals surface area contributed by atoms with Crippen molar-refractivity contribution in [3.63, 3.8) is 0 Å². The zero-order valence-electron chi connectivity index (χ0n) is 17.5. The lowest BCUT2D eigenvalue weighted by atomic mass is 10.0. The molecule has 3 aromatic rings. The van der Waals surface area contributed by atoms with Crippen LogP contribution in [0.2, 0.25) is 0 Å². The van der Waals surface area contributed by atoms with Gasteiger partial charge in [0, 0.05) is 24.3 Å². The lowest BCUT2D eigenvalue weighted by Crippen LogP contribution is -2.35. The van der Waals surface area contributed by atoms with E-state index in [-0.39, 0.29) is 5.91 Å². The van der Waals surface area contributed by atoms with Gasteiger partial charge in [0.25, 0.3) is 5.91 Å². The van der Waals surface area contributed by atoms with E-state index < -0.39 is 10.0 Å². The summed E-state index contributed by atoms with van der Waals surface area (Å²) < 4.78 is 27.3. The Hall–Kier alpha value is -2.96.